The zero-order chi connectivity index (χ0) is 23.0. The molecule has 1 N–H and O–H groups in total. The van der Waals surface area contributed by atoms with Gasteiger partial charge in [-0.05, 0) is 47.7 Å². The summed E-state index contributed by atoms with van der Waals surface area (Å²) in [5.74, 6) is 1.06. The van der Waals surface area contributed by atoms with Gasteiger partial charge in [-0.25, -0.2) is 0 Å². The van der Waals surface area contributed by atoms with Gasteiger partial charge in [0.25, 0.3) is 11.1 Å². The maximum Gasteiger partial charge on any atom is 0.295 e. The van der Waals surface area contributed by atoms with E-state index in [0.29, 0.717) is 40.4 Å². The summed E-state index contributed by atoms with van der Waals surface area (Å²) in [6, 6.07) is 16.6. The molecule has 4 aromatic rings. The Bertz CT molecular complexity index is 1230. The summed E-state index contributed by atoms with van der Waals surface area (Å²) in [6.07, 6.45) is 3.20. The van der Waals surface area contributed by atoms with E-state index in [4.69, 9.17) is 14.2 Å². The van der Waals surface area contributed by atoms with Crippen LogP contribution in [0.15, 0.2) is 71.5 Å². The number of halogens is 1. The molecule has 0 atom stereocenters. The number of pyridine rings is 1. The topological polar surface area (TPSA) is 95.5 Å². The van der Waals surface area contributed by atoms with Gasteiger partial charge in [0.05, 0.1) is 12.7 Å². The predicted octanol–water partition coefficient (Wildman–Crippen LogP) is 5.08. The van der Waals surface area contributed by atoms with E-state index in [9.17, 15) is 4.79 Å². The third-order valence-electron chi connectivity index (χ3n) is 4.48. The molecular weight excluding hydrogens is 508 g/mol. The van der Waals surface area contributed by atoms with E-state index in [-0.39, 0.29) is 5.91 Å². The molecule has 33 heavy (non-hydrogen) atoms. The van der Waals surface area contributed by atoms with Crippen LogP contribution in [0.5, 0.6) is 16.7 Å². The molecule has 0 unspecified atom stereocenters. The van der Waals surface area contributed by atoms with Crippen molar-refractivity contribution >= 4 is 38.3 Å². The lowest BCUT2D eigenvalue weighted by Crippen LogP contribution is -2.13. The van der Waals surface area contributed by atoms with E-state index < -0.39 is 0 Å². The first kappa shape index (κ1) is 22.7. The van der Waals surface area contributed by atoms with Crippen LogP contribution in [0, 0.1) is 0 Å². The predicted molar refractivity (Wildman–Crippen MR) is 129 cm³/mol. The second-order valence-electron chi connectivity index (χ2n) is 6.60. The number of anilines is 1. The third kappa shape index (κ3) is 5.85. The SMILES string of the molecule is COc1ccccc1-c1cnccc1C(=O)Nc1nnc(OCCOc2ccc(Br)cc2)s1. The molecule has 0 radical (unpaired) electrons. The number of methoxy groups -OCH3 is 1. The Morgan fingerprint density at radius 2 is 1.79 bits per heavy atom. The molecule has 8 nitrogen and oxygen atoms in total. The second-order valence-corrected chi connectivity index (χ2v) is 8.46. The molecule has 0 aliphatic rings. The Labute approximate surface area is 202 Å². The van der Waals surface area contributed by atoms with Crippen molar-refractivity contribution in [1.29, 1.82) is 0 Å². The fourth-order valence-electron chi connectivity index (χ4n) is 2.98. The molecule has 0 bridgehead atoms. The molecule has 0 saturated carbocycles. The molecule has 2 aromatic carbocycles. The number of nitrogens with zero attached hydrogens (tertiary/aromatic N) is 3. The van der Waals surface area contributed by atoms with Crippen LogP contribution in [-0.2, 0) is 0 Å². The van der Waals surface area contributed by atoms with Crippen LogP contribution in [0.3, 0.4) is 0 Å². The van der Waals surface area contributed by atoms with Gasteiger partial charge in [0.15, 0.2) is 0 Å². The number of nitrogens with one attached hydrogen (secondary N) is 1. The van der Waals surface area contributed by atoms with E-state index in [1.54, 1.807) is 25.6 Å². The van der Waals surface area contributed by atoms with Gasteiger partial charge in [-0.15, -0.1) is 5.10 Å². The smallest absolute Gasteiger partial charge is 0.295 e. The first-order chi connectivity index (χ1) is 16.1. The van der Waals surface area contributed by atoms with Gasteiger partial charge >= 0.3 is 0 Å². The molecule has 0 aliphatic carbocycles. The van der Waals surface area contributed by atoms with Gasteiger partial charge in [-0.2, -0.15) is 0 Å². The molecule has 2 aromatic heterocycles. The van der Waals surface area contributed by atoms with Crippen molar-refractivity contribution in [2.45, 2.75) is 0 Å². The number of hydrogen-bond donors (Lipinski definition) is 1. The van der Waals surface area contributed by atoms with Crippen molar-refractivity contribution in [1.82, 2.24) is 15.2 Å². The fraction of sp³-hybridized carbons (Fsp3) is 0.130. The summed E-state index contributed by atoms with van der Waals surface area (Å²) in [7, 11) is 1.58. The molecule has 4 rings (SSSR count). The number of rotatable bonds is 9. The summed E-state index contributed by atoms with van der Waals surface area (Å²) in [5.41, 5.74) is 1.86. The Hall–Kier alpha value is -3.50. The van der Waals surface area contributed by atoms with Crippen LogP contribution in [0.4, 0.5) is 5.13 Å². The molecular formula is C23H19BrN4O4S. The van der Waals surface area contributed by atoms with Gasteiger partial charge in [0.1, 0.15) is 24.7 Å². The number of hydrogen-bond acceptors (Lipinski definition) is 8. The maximum atomic E-state index is 13.0. The first-order valence-electron chi connectivity index (χ1n) is 9.87. The van der Waals surface area contributed by atoms with Crippen LogP contribution in [0.2, 0.25) is 0 Å². The highest BCUT2D eigenvalue weighted by molar-refractivity contribution is 9.10. The highest BCUT2D eigenvalue weighted by Crippen LogP contribution is 2.32. The minimum absolute atomic E-state index is 0.293. The van der Waals surface area contributed by atoms with Crippen molar-refractivity contribution in [3.63, 3.8) is 0 Å². The van der Waals surface area contributed by atoms with Crippen molar-refractivity contribution in [2.24, 2.45) is 0 Å². The van der Waals surface area contributed by atoms with Gasteiger partial charge < -0.3 is 14.2 Å². The molecule has 0 spiro atoms. The Kier molecular flexibility index (Phi) is 7.48. The maximum absolute atomic E-state index is 13.0. The highest BCUT2D eigenvalue weighted by Gasteiger charge is 2.17. The highest BCUT2D eigenvalue weighted by atomic mass is 79.9. The van der Waals surface area contributed by atoms with Crippen LogP contribution in [-0.4, -0.2) is 41.4 Å². The number of benzene rings is 2. The molecule has 0 fully saturated rings. The fourth-order valence-corrected chi connectivity index (χ4v) is 3.86. The summed E-state index contributed by atoms with van der Waals surface area (Å²) in [6.45, 7) is 0.642. The Morgan fingerprint density at radius 3 is 2.61 bits per heavy atom. The Balaban J connectivity index is 1.37. The van der Waals surface area contributed by atoms with Gasteiger partial charge in [0, 0.05) is 28.0 Å². The lowest BCUT2D eigenvalue weighted by Gasteiger charge is -2.11. The number of ether oxygens (including phenoxy) is 3. The van der Waals surface area contributed by atoms with Gasteiger partial charge in [0.2, 0.25) is 5.13 Å². The third-order valence-corrected chi connectivity index (χ3v) is 5.76. The average molecular weight is 527 g/mol. The van der Waals surface area contributed by atoms with Crippen molar-refractivity contribution < 1.29 is 19.0 Å². The van der Waals surface area contributed by atoms with Crippen LogP contribution < -0.4 is 19.5 Å². The largest absolute Gasteiger partial charge is 0.496 e. The number of carbonyl (C=O) groups is 1. The lowest BCUT2D eigenvalue weighted by molar-refractivity contribution is 0.102. The monoisotopic (exact) mass is 526 g/mol. The summed E-state index contributed by atoms with van der Waals surface area (Å²) in [5, 5.41) is 11.4. The molecule has 1 amide bonds. The van der Waals surface area contributed by atoms with Crippen molar-refractivity contribution in [2.75, 3.05) is 25.6 Å². The van der Waals surface area contributed by atoms with Crippen LogP contribution >= 0.6 is 27.3 Å². The zero-order valence-corrected chi connectivity index (χ0v) is 19.9. The standard InChI is InChI=1S/C23H19BrN4O4S/c1-30-20-5-3-2-4-17(20)19-14-25-11-10-18(19)21(29)26-22-27-28-23(33-22)32-13-12-31-16-8-6-15(24)7-9-16/h2-11,14H,12-13H2,1H3,(H,26,27,29). The number of amides is 1. The van der Waals surface area contributed by atoms with Gasteiger partial charge in [-0.1, -0.05) is 39.2 Å². The normalized spacial score (nSPS) is 10.5. The van der Waals surface area contributed by atoms with Crippen LogP contribution in [0.25, 0.3) is 11.1 Å². The van der Waals surface area contributed by atoms with Crippen molar-refractivity contribution in [3.8, 4) is 27.8 Å². The van der Waals surface area contributed by atoms with E-state index in [2.05, 4.69) is 36.4 Å². The second kappa shape index (κ2) is 10.9. The molecule has 10 heteroatoms. The van der Waals surface area contributed by atoms with Crippen LogP contribution in [0.1, 0.15) is 10.4 Å². The van der Waals surface area contributed by atoms with E-state index in [0.717, 1.165) is 27.1 Å². The summed E-state index contributed by atoms with van der Waals surface area (Å²) < 4.78 is 17.6. The average Bonchev–Trinajstić information content (AvgIpc) is 3.30. The van der Waals surface area contributed by atoms with E-state index in [1.807, 2.05) is 48.5 Å². The number of carbonyl (C=O) groups excluding carboxylic acids is 1. The molecule has 2 heterocycles. The minimum Gasteiger partial charge on any atom is -0.496 e. The summed E-state index contributed by atoms with van der Waals surface area (Å²) in [4.78, 5) is 17.1. The van der Waals surface area contributed by atoms with E-state index in [1.165, 1.54) is 0 Å². The Morgan fingerprint density at radius 1 is 1.00 bits per heavy atom. The summed E-state index contributed by atoms with van der Waals surface area (Å²) >= 11 is 4.52. The van der Waals surface area contributed by atoms with E-state index >= 15 is 0 Å². The molecule has 168 valence electrons. The number of para-hydroxylation sites is 1. The molecule has 0 saturated heterocycles. The van der Waals surface area contributed by atoms with Gasteiger partial charge in [-0.3, -0.25) is 15.1 Å². The quantitative estimate of drug-likeness (QED) is 0.303. The number of aromatic nitrogens is 3. The zero-order valence-electron chi connectivity index (χ0n) is 17.5. The minimum atomic E-state index is -0.334. The lowest BCUT2D eigenvalue weighted by atomic mass is 10.0. The molecule has 0 aliphatic heterocycles. The van der Waals surface area contributed by atoms with Crippen molar-refractivity contribution in [3.05, 3.63) is 77.0 Å². The first-order valence-corrected chi connectivity index (χ1v) is 11.5.